The van der Waals surface area contributed by atoms with Crippen LogP contribution in [0, 0.1) is 5.82 Å². The van der Waals surface area contributed by atoms with Crippen LogP contribution in [0.1, 0.15) is 24.8 Å². The number of likely N-dealkylation sites (tertiary alicyclic amines) is 2. The number of rotatable bonds is 4. The van der Waals surface area contributed by atoms with Crippen LogP contribution in [-0.2, 0) is 6.54 Å². The molecule has 0 radical (unpaired) electrons. The maximum absolute atomic E-state index is 14.0. The second-order valence-electron chi connectivity index (χ2n) is 6.38. The summed E-state index contributed by atoms with van der Waals surface area (Å²) in [5.74, 6) is 0.459. The molecule has 1 N–H and O–H groups in total. The molecule has 122 valence electrons. The fraction of sp³-hybridized carbons (Fsp3) is 0.647. The lowest BCUT2D eigenvalue weighted by Gasteiger charge is -2.33. The second kappa shape index (κ2) is 6.94. The molecule has 0 amide bonds. The highest BCUT2D eigenvalue weighted by Gasteiger charge is 2.35. The Morgan fingerprint density at radius 1 is 1.23 bits per heavy atom. The second-order valence-corrected chi connectivity index (χ2v) is 6.38. The first-order valence-electron chi connectivity index (χ1n) is 8.14. The predicted molar refractivity (Wildman–Crippen MR) is 83.4 cm³/mol. The number of hydrogen-bond donors (Lipinski definition) is 1. The molecule has 22 heavy (non-hydrogen) atoms. The van der Waals surface area contributed by atoms with Crippen molar-refractivity contribution in [3.05, 3.63) is 29.6 Å². The molecule has 0 bridgehead atoms. The molecule has 2 aliphatic heterocycles. The van der Waals surface area contributed by atoms with Gasteiger partial charge in [0.25, 0.3) is 0 Å². The fourth-order valence-electron chi connectivity index (χ4n) is 3.63. The van der Waals surface area contributed by atoms with Crippen molar-refractivity contribution < 1.29 is 14.2 Å². The molecular weight excluding hydrogens is 283 g/mol. The van der Waals surface area contributed by atoms with Crippen LogP contribution < -0.4 is 4.74 Å². The van der Waals surface area contributed by atoms with Crippen molar-refractivity contribution in [2.24, 2.45) is 0 Å². The molecule has 0 spiro atoms. The molecule has 2 aliphatic rings. The third-order valence-electron chi connectivity index (χ3n) is 4.84. The number of methoxy groups -OCH3 is 1. The highest BCUT2D eigenvalue weighted by molar-refractivity contribution is 5.29. The van der Waals surface area contributed by atoms with Gasteiger partial charge >= 0.3 is 0 Å². The third-order valence-corrected chi connectivity index (χ3v) is 4.84. The average molecular weight is 308 g/mol. The van der Waals surface area contributed by atoms with Gasteiger partial charge in [0, 0.05) is 31.2 Å². The van der Waals surface area contributed by atoms with Gasteiger partial charge in [-0.25, -0.2) is 4.39 Å². The van der Waals surface area contributed by atoms with Crippen LogP contribution in [0.3, 0.4) is 0 Å². The number of ether oxygens (including phenoxy) is 1. The van der Waals surface area contributed by atoms with E-state index in [-0.39, 0.29) is 18.0 Å². The van der Waals surface area contributed by atoms with Crippen LogP contribution in [0.15, 0.2) is 18.2 Å². The number of piperidine rings is 1. The van der Waals surface area contributed by atoms with Crippen LogP contribution in [0.5, 0.6) is 5.75 Å². The molecule has 5 heteroatoms. The SMILES string of the molecule is COc1ccc(F)c(CN2C[C@H](O)[C@@H](N3CCCCC3)C2)c1. The Morgan fingerprint density at radius 2 is 2.00 bits per heavy atom. The van der Waals surface area contributed by atoms with E-state index in [1.807, 2.05) is 0 Å². The Balaban J connectivity index is 1.64. The lowest BCUT2D eigenvalue weighted by molar-refractivity contribution is 0.0706. The predicted octanol–water partition coefficient (Wildman–Crippen LogP) is 1.87. The first-order chi connectivity index (χ1) is 10.7. The van der Waals surface area contributed by atoms with Crippen LogP contribution in [0.25, 0.3) is 0 Å². The van der Waals surface area contributed by atoms with Gasteiger partial charge < -0.3 is 9.84 Å². The molecular formula is C17H25FN2O2. The zero-order chi connectivity index (χ0) is 15.5. The fourth-order valence-corrected chi connectivity index (χ4v) is 3.63. The number of nitrogens with zero attached hydrogens (tertiary/aromatic N) is 2. The van der Waals surface area contributed by atoms with Crippen molar-refractivity contribution in [3.8, 4) is 5.75 Å². The van der Waals surface area contributed by atoms with E-state index >= 15 is 0 Å². The molecule has 0 aliphatic carbocycles. The van der Waals surface area contributed by atoms with Crippen LogP contribution in [-0.4, -0.2) is 60.3 Å². The minimum atomic E-state index is -0.341. The average Bonchev–Trinajstić information content (AvgIpc) is 2.91. The number of benzene rings is 1. The number of aliphatic hydroxyl groups excluding tert-OH is 1. The summed E-state index contributed by atoms with van der Waals surface area (Å²) >= 11 is 0. The Kier molecular flexibility index (Phi) is 4.96. The lowest BCUT2D eigenvalue weighted by Crippen LogP contribution is -2.45. The van der Waals surface area contributed by atoms with Gasteiger partial charge in [-0.05, 0) is 44.1 Å². The van der Waals surface area contributed by atoms with Crippen molar-refractivity contribution in [2.45, 2.75) is 38.0 Å². The summed E-state index contributed by atoms with van der Waals surface area (Å²) in [5.41, 5.74) is 0.630. The smallest absolute Gasteiger partial charge is 0.127 e. The number of hydrogen-bond acceptors (Lipinski definition) is 4. The van der Waals surface area contributed by atoms with Crippen LogP contribution in [0.4, 0.5) is 4.39 Å². The van der Waals surface area contributed by atoms with Crippen molar-refractivity contribution in [1.29, 1.82) is 0 Å². The first-order valence-corrected chi connectivity index (χ1v) is 8.14. The van der Waals surface area contributed by atoms with E-state index in [4.69, 9.17) is 4.74 Å². The van der Waals surface area contributed by atoms with E-state index in [0.717, 1.165) is 19.6 Å². The van der Waals surface area contributed by atoms with Crippen molar-refractivity contribution in [2.75, 3.05) is 33.3 Å². The van der Waals surface area contributed by atoms with Gasteiger partial charge in [0.2, 0.25) is 0 Å². The molecule has 0 aromatic heterocycles. The molecule has 2 saturated heterocycles. The van der Waals surface area contributed by atoms with Crippen LogP contribution >= 0.6 is 0 Å². The standard InChI is InChI=1S/C17H25FN2O2/c1-22-14-5-6-15(18)13(9-14)10-19-11-16(17(21)12-19)20-7-3-2-4-8-20/h5-6,9,16-17,21H,2-4,7-8,10-12H2,1H3/t16-,17-/m0/s1. The van der Waals surface area contributed by atoms with Crippen LogP contribution in [0.2, 0.25) is 0 Å². The number of halogens is 1. The Labute approximate surface area is 131 Å². The van der Waals surface area contributed by atoms with E-state index < -0.39 is 0 Å². The molecule has 1 aromatic rings. The van der Waals surface area contributed by atoms with Crippen molar-refractivity contribution in [3.63, 3.8) is 0 Å². The molecule has 1 aromatic carbocycles. The summed E-state index contributed by atoms with van der Waals surface area (Å²) in [5, 5.41) is 10.4. The summed E-state index contributed by atoms with van der Waals surface area (Å²) in [4.78, 5) is 4.54. The summed E-state index contributed by atoms with van der Waals surface area (Å²) in [7, 11) is 1.59. The van der Waals surface area contributed by atoms with E-state index in [1.54, 1.807) is 19.2 Å². The molecule has 4 nitrogen and oxygen atoms in total. The van der Waals surface area contributed by atoms with Gasteiger partial charge in [-0.1, -0.05) is 6.42 Å². The molecule has 2 fully saturated rings. The van der Waals surface area contributed by atoms with Crippen molar-refractivity contribution in [1.82, 2.24) is 9.80 Å². The third kappa shape index (κ3) is 3.42. The summed E-state index contributed by atoms with van der Waals surface area (Å²) in [6.45, 7) is 4.08. The van der Waals surface area contributed by atoms with Gasteiger partial charge in [-0.2, -0.15) is 0 Å². The highest BCUT2D eigenvalue weighted by Crippen LogP contribution is 2.24. The molecule has 2 heterocycles. The minimum absolute atomic E-state index is 0.189. The molecule has 2 atom stereocenters. The summed E-state index contributed by atoms with van der Waals surface area (Å²) < 4.78 is 19.1. The van der Waals surface area contributed by atoms with E-state index in [9.17, 15) is 9.50 Å². The van der Waals surface area contributed by atoms with E-state index in [2.05, 4.69) is 9.80 Å². The summed E-state index contributed by atoms with van der Waals surface area (Å²) in [6.07, 6.45) is 3.38. The van der Waals surface area contributed by atoms with E-state index in [0.29, 0.717) is 24.4 Å². The molecule has 0 unspecified atom stereocenters. The quantitative estimate of drug-likeness (QED) is 0.921. The Morgan fingerprint density at radius 3 is 2.73 bits per heavy atom. The van der Waals surface area contributed by atoms with Gasteiger partial charge in [-0.3, -0.25) is 9.80 Å². The Hall–Kier alpha value is -1.17. The normalized spacial score (nSPS) is 27.2. The maximum atomic E-state index is 14.0. The van der Waals surface area contributed by atoms with Gasteiger partial charge in [0.15, 0.2) is 0 Å². The first kappa shape index (κ1) is 15.7. The molecule has 0 saturated carbocycles. The van der Waals surface area contributed by atoms with E-state index in [1.165, 1.54) is 25.3 Å². The zero-order valence-electron chi connectivity index (χ0n) is 13.2. The van der Waals surface area contributed by atoms with Gasteiger partial charge in [0.05, 0.1) is 13.2 Å². The number of β-amino-alcohol motifs (C(OH)–C–C–N with tert-alkyl or cyclic N) is 1. The molecule has 3 rings (SSSR count). The van der Waals surface area contributed by atoms with Gasteiger partial charge in [0.1, 0.15) is 11.6 Å². The highest BCUT2D eigenvalue weighted by atomic mass is 19.1. The zero-order valence-corrected chi connectivity index (χ0v) is 13.2. The minimum Gasteiger partial charge on any atom is -0.497 e. The topological polar surface area (TPSA) is 35.9 Å². The lowest BCUT2D eigenvalue weighted by atomic mass is 10.1. The number of aliphatic hydroxyl groups is 1. The summed E-state index contributed by atoms with van der Waals surface area (Å²) in [6, 6.07) is 5.02. The van der Waals surface area contributed by atoms with Crippen molar-refractivity contribution >= 4 is 0 Å². The largest absolute Gasteiger partial charge is 0.497 e. The monoisotopic (exact) mass is 308 g/mol. The Bertz CT molecular complexity index is 505. The maximum Gasteiger partial charge on any atom is 0.127 e. The van der Waals surface area contributed by atoms with Gasteiger partial charge in [-0.15, -0.1) is 0 Å².